The molecule has 19 heavy (non-hydrogen) atoms. The molecule has 4 nitrogen and oxygen atoms in total. The number of ether oxygens (including phenoxy) is 1. The van der Waals surface area contributed by atoms with Crippen molar-refractivity contribution in [2.24, 2.45) is 0 Å². The molecule has 0 atom stereocenters. The Morgan fingerprint density at radius 3 is 2.74 bits per heavy atom. The van der Waals surface area contributed by atoms with Crippen molar-refractivity contribution < 1.29 is 17.9 Å². The van der Waals surface area contributed by atoms with Gasteiger partial charge in [0.15, 0.2) is 0 Å². The molecule has 0 saturated heterocycles. The first-order valence-corrected chi connectivity index (χ1v) is 6.13. The maximum Gasteiger partial charge on any atom is 0.445 e. The van der Waals surface area contributed by atoms with E-state index in [0.29, 0.717) is 23.6 Å². The van der Waals surface area contributed by atoms with Gasteiger partial charge in [-0.3, -0.25) is 0 Å². The maximum atomic E-state index is 12.3. The molecule has 2 aromatic rings. The quantitative estimate of drug-likeness (QED) is 0.939. The van der Waals surface area contributed by atoms with Crippen LogP contribution in [0, 0.1) is 0 Å². The van der Waals surface area contributed by atoms with E-state index in [-0.39, 0.29) is 5.19 Å². The Kier molecular flexibility index (Phi) is 4.01. The van der Waals surface area contributed by atoms with Gasteiger partial charge >= 0.3 is 6.18 Å². The van der Waals surface area contributed by atoms with E-state index in [1.54, 1.807) is 25.2 Å². The molecule has 0 saturated carbocycles. The first-order valence-electron chi connectivity index (χ1n) is 5.31. The number of aromatic nitrogens is 2. The summed E-state index contributed by atoms with van der Waals surface area (Å²) in [5, 5.41) is 8.23. The number of halogens is 3. The largest absolute Gasteiger partial charge is 0.445 e. The number of hydrogen-bond acceptors (Lipinski definition) is 5. The van der Waals surface area contributed by atoms with E-state index in [1.165, 1.54) is 0 Å². The van der Waals surface area contributed by atoms with Crippen LogP contribution in [0.15, 0.2) is 24.3 Å². The molecular formula is C11H10F3N3OS. The minimum Gasteiger partial charge on any atom is -0.430 e. The number of alkyl halides is 3. The normalized spacial score (nSPS) is 11.6. The van der Waals surface area contributed by atoms with Crippen molar-refractivity contribution >= 4 is 11.3 Å². The Balaban J connectivity index is 2.12. The summed E-state index contributed by atoms with van der Waals surface area (Å²) in [6, 6.07) is 7.01. The number of benzene rings is 1. The second kappa shape index (κ2) is 5.54. The predicted molar refractivity (Wildman–Crippen MR) is 64.2 cm³/mol. The molecule has 0 radical (unpaired) electrons. The lowest BCUT2D eigenvalue weighted by molar-refractivity contribution is -0.138. The van der Waals surface area contributed by atoms with Crippen molar-refractivity contribution in [2.75, 3.05) is 7.05 Å². The molecule has 102 valence electrons. The van der Waals surface area contributed by atoms with Gasteiger partial charge in [-0.2, -0.15) is 13.2 Å². The highest BCUT2D eigenvalue weighted by Crippen LogP contribution is 2.35. The van der Waals surface area contributed by atoms with Crippen molar-refractivity contribution in [3.8, 4) is 10.9 Å². The minimum atomic E-state index is -4.49. The van der Waals surface area contributed by atoms with E-state index in [2.05, 4.69) is 15.5 Å². The number of nitrogens with zero attached hydrogens (tertiary/aromatic N) is 2. The topological polar surface area (TPSA) is 47.0 Å². The van der Waals surface area contributed by atoms with Crippen molar-refractivity contribution in [3.05, 3.63) is 34.8 Å². The lowest BCUT2D eigenvalue weighted by Crippen LogP contribution is -2.04. The fourth-order valence-electron chi connectivity index (χ4n) is 1.39. The number of rotatable bonds is 4. The third kappa shape index (κ3) is 3.65. The third-order valence-electron chi connectivity index (χ3n) is 2.13. The van der Waals surface area contributed by atoms with Crippen LogP contribution in [0.1, 0.15) is 10.6 Å². The lowest BCUT2D eigenvalue weighted by Gasteiger charge is -2.04. The molecule has 1 aromatic carbocycles. The van der Waals surface area contributed by atoms with E-state index in [0.717, 1.165) is 5.56 Å². The van der Waals surface area contributed by atoms with Crippen LogP contribution in [0.4, 0.5) is 13.2 Å². The van der Waals surface area contributed by atoms with Gasteiger partial charge in [0.1, 0.15) is 5.75 Å². The third-order valence-corrected chi connectivity index (χ3v) is 2.98. The Hall–Kier alpha value is -1.67. The van der Waals surface area contributed by atoms with Crippen molar-refractivity contribution in [1.82, 2.24) is 15.5 Å². The van der Waals surface area contributed by atoms with E-state index in [4.69, 9.17) is 4.74 Å². The second-order valence-electron chi connectivity index (χ2n) is 3.65. The first-order chi connectivity index (χ1) is 8.99. The van der Waals surface area contributed by atoms with Gasteiger partial charge in [-0.1, -0.05) is 28.6 Å². The van der Waals surface area contributed by atoms with Crippen molar-refractivity contribution in [2.45, 2.75) is 12.7 Å². The highest BCUT2D eigenvalue weighted by atomic mass is 32.1. The Bertz CT molecular complexity index is 556. The zero-order valence-electron chi connectivity index (χ0n) is 9.86. The van der Waals surface area contributed by atoms with Crippen LogP contribution in [0.5, 0.6) is 10.9 Å². The van der Waals surface area contributed by atoms with Crippen LogP contribution in [0.2, 0.25) is 0 Å². The van der Waals surface area contributed by atoms with Gasteiger partial charge in [-0.25, -0.2) is 0 Å². The summed E-state index contributed by atoms with van der Waals surface area (Å²) in [5.41, 5.74) is 0.959. The Morgan fingerprint density at radius 1 is 1.32 bits per heavy atom. The number of hydrogen-bond donors (Lipinski definition) is 1. The van der Waals surface area contributed by atoms with Crippen LogP contribution >= 0.6 is 11.3 Å². The van der Waals surface area contributed by atoms with E-state index >= 15 is 0 Å². The summed E-state index contributed by atoms with van der Waals surface area (Å²) in [5.74, 6) is 0.428. The van der Waals surface area contributed by atoms with Crippen LogP contribution in [0.3, 0.4) is 0 Å². The summed E-state index contributed by atoms with van der Waals surface area (Å²) < 4.78 is 42.3. The maximum absolute atomic E-state index is 12.3. The van der Waals surface area contributed by atoms with E-state index in [9.17, 15) is 13.2 Å². The lowest BCUT2D eigenvalue weighted by atomic mass is 10.2. The molecule has 1 aromatic heterocycles. The van der Waals surface area contributed by atoms with Gasteiger partial charge in [0.05, 0.1) is 0 Å². The molecule has 1 heterocycles. The zero-order valence-corrected chi connectivity index (χ0v) is 10.7. The molecule has 2 rings (SSSR count). The van der Waals surface area contributed by atoms with Crippen LogP contribution in [-0.2, 0) is 12.7 Å². The average molecular weight is 289 g/mol. The van der Waals surface area contributed by atoms with Gasteiger partial charge in [-0.05, 0) is 24.7 Å². The smallest absolute Gasteiger partial charge is 0.430 e. The van der Waals surface area contributed by atoms with Gasteiger partial charge < -0.3 is 10.1 Å². The first kappa shape index (κ1) is 13.8. The molecular weight excluding hydrogens is 279 g/mol. The number of nitrogens with one attached hydrogen (secondary N) is 1. The molecule has 8 heteroatoms. The summed E-state index contributed by atoms with van der Waals surface area (Å²) in [6.45, 7) is 0.640. The van der Waals surface area contributed by atoms with Gasteiger partial charge in [0.2, 0.25) is 5.01 Å². The highest BCUT2D eigenvalue weighted by Gasteiger charge is 2.36. The zero-order chi connectivity index (χ0) is 13.9. The predicted octanol–water partition coefficient (Wildman–Crippen LogP) is 3.07. The second-order valence-corrected chi connectivity index (χ2v) is 4.59. The van der Waals surface area contributed by atoms with Crippen LogP contribution < -0.4 is 10.1 Å². The van der Waals surface area contributed by atoms with E-state index in [1.807, 2.05) is 6.07 Å². The Morgan fingerprint density at radius 2 is 2.11 bits per heavy atom. The fraction of sp³-hybridized carbons (Fsp3) is 0.273. The standard InChI is InChI=1S/C11H10F3N3OS/c1-15-6-7-3-2-4-8(5-7)18-10-17-16-9(19-10)11(12,13)14/h2-5,15H,6H2,1H3. The highest BCUT2D eigenvalue weighted by molar-refractivity contribution is 7.13. The molecule has 0 aliphatic carbocycles. The molecule has 0 bridgehead atoms. The van der Waals surface area contributed by atoms with Crippen LogP contribution in [0.25, 0.3) is 0 Å². The molecule has 0 aliphatic rings. The summed E-state index contributed by atoms with van der Waals surface area (Å²) >= 11 is 0.369. The summed E-state index contributed by atoms with van der Waals surface area (Å²) in [4.78, 5) is 0. The monoisotopic (exact) mass is 289 g/mol. The average Bonchev–Trinajstić information content (AvgIpc) is 2.78. The summed E-state index contributed by atoms with van der Waals surface area (Å²) in [7, 11) is 1.80. The SMILES string of the molecule is CNCc1cccc(Oc2nnc(C(F)(F)F)s2)c1. The molecule has 0 aliphatic heterocycles. The van der Waals surface area contributed by atoms with Crippen LogP contribution in [-0.4, -0.2) is 17.2 Å². The van der Waals surface area contributed by atoms with Gasteiger partial charge in [0.25, 0.3) is 5.19 Å². The molecule has 0 amide bonds. The summed E-state index contributed by atoms with van der Waals surface area (Å²) in [6.07, 6.45) is -4.49. The molecule has 0 fully saturated rings. The van der Waals surface area contributed by atoms with Gasteiger partial charge in [0, 0.05) is 6.54 Å². The molecule has 1 N–H and O–H groups in total. The Labute approximate surface area is 111 Å². The molecule has 0 unspecified atom stereocenters. The minimum absolute atomic E-state index is 0.131. The van der Waals surface area contributed by atoms with Crippen molar-refractivity contribution in [1.29, 1.82) is 0 Å². The van der Waals surface area contributed by atoms with E-state index < -0.39 is 11.2 Å². The van der Waals surface area contributed by atoms with Gasteiger partial charge in [-0.15, -0.1) is 5.10 Å². The fourth-order valence-corrected chi connectivity index (χ4v) is 1.97. The van der Waals surface area contributed by atoms with Crippen molar-refractivity contribution in [3.63, 3.8) is 0 Å². The molecule has 0 spiro atoms.